The topological polar surface area (TPSA) is 87.7 Å². The zero-order valence-corrected chi connectivity index (χ0v) is 7.16. The molecule has 0 aliphatic heterocycles. The molecule has 2 N–H and O–H groups in total. The molecule has 0 aromatic carbocycles. The van der Waals surface area contributed by atoms with Gasteiger partial charge in [-0.1, -0.05) is 0 Å². The van der Waals surface area contributed by atoms with Crippen LogP contribution >= 0.6 is 15.9 Å². The molecular formula is C6H3BrO5. The Bertz CT molecular complexity index is 340. The molecule has 0 radical (unpaired) electrons. The minimum Gasteiger partial charge on any atom is -0.478 e. The zero-order chi connectivity index (χ0) is 9.30. The van der Waals surface area contributed by atoms with E-state index in [0.717, 1.165) is 6.07 Å². The van der Waals surface area contributed by atoms with Gasteiger partial charge in [-0.2, -0.15) is 0 Å². The van der Waals surface area contributed by atoms with E-state index >= 15 is 0 Å². The lowest BCUT2D eigenvalue weighted by Crippen LogP contribution is -1.95. The predicted molar refractivity (Wildman–Crippen MR) is 40.3 cm³/mol. The number of carbonyl (C=O) groups is 2. The van der Waals surface area contributed by atoms with Crippen molar-refractivity contribution in [2.45, 2.75) is 0 Å². The first-order chi connectivity index (χ1) is 5.52. The molecule has 1 heterocycles. The van der Waals surface area contributed by atoms with Crippen molar-refractivity contribution < 1.29 is 24.2 Å². The number of hydrogen-bond donors (Lipinski definition) is 2. The third-order valence-electron chi connectivity index (χ3n) is 1.13. The maximum Gasteiger partial charge on any atom is 0.371 e. The van der Waals surface area contributed by atoms with Crippen LogP contribution in [0.4, 0.5) is 0 Å². The van der Waals surface area contributed by atoms with Gasteiger partial charge in [-0.15, -0.1) is 0 Å². The number of furan rings is 1. The molecule has 1 rings (SSSR count). The van der Waals surface area contributed by atoms with Crippen LogP contribution < -0.4 is 0 Å². The third kappa shape index (κ3) is 1.48. The SMILES string of the molecule is O=C(O)c1cc(C(=O)O)c(Br)o1. The second-order valence-corrected chi connectivity index (χ2v) is 2.63. The molecule has 0 saturated heterocycles. The van der Waals surface area contributed by atoms with E-state index in [9.17, 15) is 9.59 Å². The van der Waals surface area contributed by atoms with E-state index in [2.05, 4.69) is 20.3 Å². The van der Waals surface area contributed by atoms with E-state index in [1.165, 1.54) is 0 Å². The third-order valence-corrected chi connectivity index (χ3v) is 1.72. The molecule has 6 heteroatoms. The highest BCUT2D eigenvalue weighted by atomic mass is 79.9. The van der Waals surface area contributed by atoms with Crippen LogP contribution in [0, 0.1) is 0 Å². The summed E-state index contributed by atoms with van der Waals surface area (Å²) in [5, 5.41) is 16.9. The molecule has 0 atom stereocenters. The predicted octanol–water partition coefficient (Wildman–Crippen LogP) is 1.44. The lowest BCUT2D eigenvalue weighted by Gasteiger charge is -1.83. The Balaban J connectivity index is 3.17. The van der Waals surface area contributed by atoms with E-state index in [4.69, 9.17) is 10.2 Å². The molecule has 5 nitrogen and oxygen atoms in total. The lowest BCUT2D eigenvalue weighted by atomic mass is 10.3. The smallest absolute Gasteiger partial charge is 0.371 e. The Morgan fingerprint density at radius 1 is 1.33 bits per heavy atom. The molecule has 0 unspecified atom stereocenters. The van der Waals surface area contributed by atoms with Gasteiger partial charge in [0.25, 0.3) is 0 Å². The van der Waals surface area contributed by atoms with Crippen LogP contribution in [0.1, 0.15) is 20.9 Å². The molecule has 0 aliphatic carbocycles. The molecule has 0 aliphatic rings. The van der Waals surface area contributed by atoms with Gasteiger partial charge in [0.15, 0.2) is 4.67 Å². The van der Waals surface area contributed by atoms with Crippen LogP contribution in [0.25, 0.3) is 0 Å². The zero-order valence-electron chi connectivity index (χ0n) is 5.57. The molecule has 0 fully saturated rings. The summed E-state index contributed by atoms with van der Waals surface area (Å²) in [5.41, 5.74) is -0.201. The average Bonchev–Trinajstić information content (AvgIpc) is 2.30. The maximum absolute atomic E-state index is 10.4. The average molecular weight is 235 g/mol. The molecule has 0 saturated carbocycles. The van der Waals surface area contributed by atoms with E-state index in [0.29, 0.717) is 0 Å². The summed E-state index contributed by atoms with van der Waals surface area (Å²) in [6.07, 6.45) is 0. The van der Waals surface area contributed by atoms with Crippen molar-refractivity contribution in [3.8, 4) is 0 Å². The summed E-state index contributed by atoms with van der Waals surface area (Å²) < 4.78 is 4.48. The summed E-state index contributed by atoms with van der Waals surface area (Å²) in [4.78, 5) is 20.7. The number of hydrogen-bond acceptors (Lipinski definition) is 3. The van der Waals surface area contributed by atoms with Crippen molar-refractivity contribution in [3.05, 3.63) is 22.1 Å². The Hall–Kier alpha value is -1.30. The Labute approximate surface area is 74.7 Å². The van der Waals surface area contributed by atoms with Crippen LogP contribution in [0.2, 0.25) is 0 Å². The monoisotopic (exact) mass is 234 g/mol. The second-order valence-electron chi connectivity index (χ2n) is 1.91. The molecule has 0 amide bonds. The molecular weight excluding hydrogens is 232 g/mol. The van der Waals surface area contributed by atoms with E-state index in [1.54, 1.807) is 0 Å². The van der Waals surface area contributed by atoms with Gasteiger partial charge in [-0.3, -0.25) is 0 Å². The van der Waals surface area contributed by atoms with Crippen molar-refractivity contribution >= 4 is 27.9 Å². The van der Waals surface area contributed by atoms with Crippen molar-refractivity contribution in [1.29, 1.82) is 0 Å². The highest BCUT2D eigenvalue weighted by Gasteiger charge is 2.18. The van der Waals surface area contributed by atoms with Gasteiger partial charge in [0.2, 0.25) is 5.76 Å². The van der Waals surface area contributed by atoms with Gasteiger partial charge in [0.1, 0.15) is 5.56 Å². The number of rotatable bonds is 2. The summed E-state index contributed by atoms with van der Waals surface area (Å²) in [6, 6.07) is 0.939. The fourth-order valence-corrected chi connectivity index (χ4v) is 1.08. The summed E-state index contributed by atoms with van der Waals surface area (Å²) in [7, 11) is 0. The van der Waals surface area contributed by atoms with Gasteiger partial charge in [-0.25, -0.2) is 9.59 Å². The minimum absolute atomic E-state index is 0.0904. The van der Waals surface area contributed by atoms with Crippen molar-refractivity contribution in [2.24, 2.45) is 0 Å². The van der Waals surface area contributed by atoms with Gasteiger partial charge >= 0.3 is 11.9 Å². The first-order valence-corrected chi connectivity index (χ1v) is 3.57. The normalized spacial score (nSPS) is 9.75. The fourth-order valence-electron chi connectivity index (χ4n) is 0.620. The highest BCUT2D eigenvalue weighted by Crippen LogP contribution is 2.21. The lowest BCUT2D eigenvalue weighted by molar-refractivity contribution is 0.0657. The largest absolute Gasteiger partial charge is 0.478 e. The Morgan fingerprint density at radius 3 is 2.17 bits per heavy atom. The van der Waals surface area contributed by atoms with Crippen LogP contribution in [-0.2, 0) is 0 Å². The van der Waals surface area contributed by atoms with Gasteiger partial charge < -0.3 is 14.6 Å². The molecule has 64 valence electrons. The molecule has 1 aromatic heterocycles. The first-order valence-electron chi connectivity index (χ1n) is 2.78. The summed E-state index contributed by atoms with van der Waals surface area (Å²) in [6.45, 7) is 0. The van der Waals surface area contributed by atoms with Gasteiger partial charge in [0.05, 0.1) is 0 Å². The van der Waals surface area contributed by atoms with Crippen LogP contribution in [0.15, 0.2) is 15.2 Å². The summed E-state index contributed by atoms with van der Waals surface area (Å²) >= 11 is 2.78. The van der Waals surface area contributed by atoms with Crippen molar-refractivity contribution in [2.75, 3.05) is 0 Å². The van der Waals surface area contributed by atoms with Crippen LogP contribution in [0.5, 0.6) is 0 Å². The molecule has 1 aromatic rings. The number of aromatic carboxylic acids is 2. The molecule has 0 bridgehead atoms. The summed E-state index contributed by atoms with van der Waals surface area (Å²) in [5.74, 6) is -2.94. The molecule has 12 heavy (non-hydrogen) atoms. The second kappa shape index (κ2) is 2.98. The fraction of sp³-hybridized carbons (Fsp3) is 0. The van der Waals surface area contributed by atoms with Crippen LogP contribution in [0.3, 0.4) is 0 Å². The standard InChI is InChI=1S/C6H3BrO5/c7-4-2(5(8)9)1-3(12-4)6(10)11/h1H,(H,8,9)(H,10,11). The van der Waals surface area contributed by atoms with Crippen molar-refractivity contribution in [3.63, 3.8) is 0 Å². The van der Waals surface area contributed by atoms with Gasteiger partial charge in [0, 0.05) is 6.07 Å². The van der Waals surface area contributed by atoms with E-state index in [-0.39, 0.29) is 10.2 Å². The number of halogens is 1. The van der Waals surface area contributed by atoms with E-state index in [1.807, 2.05) is 0 Å². The van der Waals surface area contributed by atoms with Crippen molar-refractivity contribution in [1.82, 2.24) is 0 Å². The molecule has 0 spiro atoms. The van der Waals surface area contributed by atoms with E-state index < -0.39 is 17.7 Å². The quantitative estimate of drug-likeness (QED) is 0.809. The minimum atomic E-state index is -1.30. The number of carboxylic acids is 2. The maximum atomic E-state index is 10.4. The number of carboxylic acid groups (broad SMARTS) is 2. The highest BCUT2D eigenvalue weighted by molar-refractivity contribution is 9.10. The van der Waals surface area contributed by atoms with Gasteiger partial charge in [-0.05, 0) is 15.9 Å². The Morgan fingerprint density at radius 2 is 1.92 bits per heavy atom. The first kappa shape index (κ1) is 8.79. The Kier molecular flexibility index (Phi) is 2.18. The van der Waals surface area contributed by atoms with Crippen LogP contribution in [-0.4, -0.2) is 22.2 Å².